The van der Waals surface area contributed by atoms with E-state index < -0.39 is 0 Å². The third kappa shape index (κ3) is 4.08. The van der Waals surface area contributed by atoms with Crippen LogP contribution in [0.15, 0.2) is 30.3 Å². The Morgan fingerprint density at radius 1 is 1.28 bits per heavy atom. The summed E-state index contributed by atoms with van der Waals surface area (Å²) in [6.07, 6.45) is 3.48. The van der Waals surface area contributed by atoms with Gasteiger partial charge in [0.2, 0.25) is 0 Å². The lowest BCUT2D eigenvalue weighted by molar-refractivity contribution is 0.102. The van der Waals surface area contributed by atoms with Gasteiger partial charge in [0.05, 0.1) is 13.2 Å². The number of ether oxygens (including phenoxy) is 2. The standard InChI is InChI=1S/C15H21BrO2/c16-12-15(8-10-18-13-15)7-4-9-17-11-14-5-2-1-3-6-14/h1-3,5-6H,4,7-13H2. The summed E-state index contributed by atoms with van der Waals surface area (Å²) in [7, 11) is 0. The molecular formula is C15H21BrO2. The van der Waals surface area contributed by atoms with Crippen LogP contribution in [0.4, 0.5) is 0 Å². The molecule has 100 valence electrons. The van der Waals surface area contributed by atoms with Crippen LogP contribution in [0.25, 0.3) is 0 Å². The zero-order chi connectivity index (χ0) is 12.7. The van der Waals surface area contributed by atoms with E-state index in [4.69, 9.17) is 9.47 Å². The quantitative estimate of drug-likeness (QED) is 0.563. The van der Waals surface area contributed by atoms with Gasteiger partial charge < -0.3 is 9.47 Å². The zero-order valence-corrected chi connectivity index (χ0v) is 12.3. The molecule has 2 rings (SSSR count). The van der Waals surface area contributed by atoms with Crippen LogP contribution >= 0.6 is 15.9 Å². The Morgan fingerprint density at radius 2 is 2.11 bits per heavy atom. The Balaban J connectivity index is 1.61. The van der Waals surface area contributed by atoms with Crippen molar-refractivity contribution in [1.29, 1.82) is 0 Å². The average Bonchev–Trinajstić information content (AvgIpc) is 2.89. The van der Waals surface area contributed by atoms with Gasteiger partial charge in [0.1, 0.15) is 0 Å². The van der Waals surface area contributed by atoms with Gasteiger partial charge in [-0.15, -0.1) is 0 Å². The summed E-state index contributed by atoms with van der Waals surface area (Å²) in [5.74, 6) is 0. The molecule has 1 aromatic carbocycles. The molecule has 0 bridgehead atoms. The van der Waals surface area contributed by atoms with Crippen LogP contribution in [0.3, 0.4) is 0 Å². The van der Waals surface area contributed by atoms with Crippen LogP contribution in [0, 0.1) is 5.41 Å². The minimum Gasteiger partial charge on any atom is -0.381 e. The summed E-state index contributed by atoms with van der Waals surface area (Å²) >= 11 is 3.62. The summed E-state index contributed by atoms with van der Waals surface area (Å²) in [6, 6.07) is 10.3. The second-order valence-electron chi connectivity index (χ2n) is 5.08. The molecule has 1 atom stereocenters. The van der Waals surface area contributed by atoms with Gasteiger partial charge in [-0.3, -0.25) is 0 Å². The van der Waals surface area contributed by atoms with Gasteiger partial charge in [-0.1, -0.05) is 46.3 Å². The van der Waals surface area contributed by atoms with Crippen molar-refractivity contribution in [2.24, 2.45) is 5.41 Å². The fraction of sp³-hybridized carbons (Fsp3) is 0.600. The second-order valence-corrected chi connectivity index (χ2v) is 5.64. The number of alkyl halides is 1. The maximum absolute atomic E-state index is 5.71. The number of benzene rings is 1. The maximum atomic E-state index is 5.71. The second kappa shape index (κ2) is 7.27. The minimum absolute atomic E-state index is 0.357. The first-order valence-electron chi connectivity index (χ1n) is 6.60. The Hall–Kier alpha value is -0.380. The lowest BCUT2D eigenvalue weighted by Gasteiger charge is -2.24. The highest BCUT2D eigenvalue weighted by atomic mass is 79.9. The molecule has 0 spiro atoms. The van der Waals surface area contributed by atoms with Gasteiger partial charge in [-0.25, -0.2) is 0 Å². The molecule has 1 aromatic rings. The van der Waals surface area contributed by atoms with Crippen molar-refractivity contribution in [2.45, 2.75) is 25.9 Å². The largest absolute Gasteiger partial charge is 0.381 e. The van der Waals surface area contributed by atoms with Gasteiger partial charge in [0.25, 0.3) is 0 Å². The Kier molecular flexibility index (Phi) is 5.67. The molecule has 1 saturated heterocycles. The molecule has 1 unspecified atom stereocenters. The van der Waals surface area contributed by atoms with E-state index in [0.717, 1.165) is 38.2 Å². The van der Waals surface area contributed by atoms with Crippen molar-refractivity contribution >= 4 is 15.9 Å². The monoisotopic (exact) mass is 312 g/mol. The first-order valence-corrected chi connectivity index (χ1v) is 7.72. The number of halogens is 1. The fourth-order valence-corrected chi connectivity index (χ4v) is 3.05. The number of rotatable bonds is 7. The van der Waals surface area contributed by atoms with Crippen LogP contribution in [0.5, 0.6) is 0 Å². The van der Waals surface area contributed by atoms with Gasteiger partial charge in [-0.05, 0) is 24.8 Å². The molecule has 18 heavy (non-hydrogen) atoms. The van der Waals surface area contributed by atoms with Gasteiger partial charge in [0.15, 0.2) is 0 Å². The highest BCUT2D eigenvalue weighted by molar-refractivity contribution is 9.09. The lowest BCUT2D eigenvalue weighted by Crippen LogP contribution is -2.23. The SMILES string of the molecule is BrCC1(CCCOCc2ccccc2)CCOC1. The number of hydrogen-bond donors (Lipinski definition) is 0. The minimum atomic E-state index is 0.357. The van der Waals surface area contributed by atoms with Crippen molar-refractivity contribution in [2.75, 3.05) is 25.2 Å². The molecular weight excluding hydrogens is 292 g/mol. The van der Waals surface area contributed by atoms with Crippen LogP contribution in [-0.4, -0.2) is 25.2 Å². The Morgan fingerprint density at radius 3 is 2.78 bits per heavy atom. The molecule has 0 aromatic heterocycles. The summed E-state index contributed by atoms with van der Waals surface area (Å²) in [5, 5.41) is 1.04. The Bertz CT molecular complexity index is 334. The molecule has 0 radical (unpaired) electrons. The van der Waals surface area contributed by atoms with Crippen molar-refractivity contribution in [3.63, 3.8) is 0 Å². The van der Waals surface area contributed by atoms with Crippen molar-refractivity contribution in [3.05, 3.63) is 35.9 Å². The molecule has 1 heterocycles. The summed E-state index contributed by atoms with van der Waals surface area (Å²) in [5.41, 5.74) is 1.60. The van der Waals surface area contributed by atoms with E-state index in [1.165, 1.54) is 18.4 Å². The highest BCUT2D eigenvalue weighted by Crippen LogP contribution is 2.35. The normalized spacial score (nSPS) is 23.4. The van der Waals surface area contributed by atoms with E-state index in [-0.39, 0.29) is 0 Å². The van der Waals surface area contributed by atoms with Crippen molar-refractivity contribution in [1.82, 2.24) is 0 Å². The first kappa shape index (κ1) is 14.0. The molecule has 1 aliphatic heterocycles. The first-order chi connectivity index (χ1) is 8.85. The van der Waals surface area contributed by atoms with Crippen LogP contribution in [0.2, 0.25) is 0 Å². The van der Waals surface area contributed by atoms with Crippen LogP contribution in [-0.2, 0) is 16.1 Å². The van der Waals surface area contributed by atoms with Gasteiger partial charge in [-0.2, -0.15) is 0 Å². The summed E-state index contributed by atoms with van der Waals surface area (Å²) in [4.78, 5) is 0. The predicted octanol–water partition coefficient (Wildman–Crippen LogP) is 3.79. The summed E-state index contributed by atoms with van der Waals surface area (Å²) in [6.45, 7) is 3.37. The molecule has 3 heteroatoms. The van der Waals surface area contributed by atoms with Crippen LogP contribution in [0.1, 0.15) is 24.8 Å². The lowest BCUT2D eigenvalue weighted by atomic mass is 9.85. The third-order valence-electron chi connectivity index (χ3n) is 3.58. The number of hydrogen-bond acceptors (Lipinski definition) is 2. The fourth-order valence-electron chi connectivity index (χ4n) is 2.33. The topological polar surface area (TPSA) is 18.5 Å². The van der Waals surface area contributed by atoms with Crippen LogP contribution < -0.4 is 0 Å². The Labute approximate surface area is 118 Å². The van der Waals surface area contributed by atoms with Gasteiger partial charge >= 0.3 is 0 Å². The molecule has 0 amide bonds. The maximum Gasteiger partial charge on any atom is 0.0716 e. The van der Waals surface area contributed by atoms with E-state index >= 15 is 0 Å². The molecule has 0 saturated carbocycles. The van der Waals surface area contributed by atoms with Crippen molar-refractivity contribution < 1.29 is 9.47 Å². The molecule has 0 aliphatic carbocycles. The van der Waals surface area contributed by atoms with E-state index in [1.807, 2.05) is 18.2 Å². The molecule has 2 nitrogen and oxygen atoms in total. The zero-order valence-electron chi connectivity index (χ0n) is 10.7. The predicted molar refractivity (Wildman–Crippen MR) is 77.0 cm³/mol. The van der Waals surface area contributed by atoms with Crippen molar-refractivity contribution in [3.8, 4) is 0 Å². The molecule has 1 fully saturated rings. The molecule has 0 N–H and O–H groups in total. The smallest absolute Gasteiger partial charge is 0.0716 e. The highest BCUT2D eigenvalue weighted by Gasteiger charge is 2.33. The average molecular weight is 313 g/mol. The van der Waals surface area contributed by atoms with E-state index in [2.05, 4.69) is 28.1 Å². The third-order valence-corrected chi connectivity index (χ3v) is 4.77. The molecule has 1 aliphatic rings. The van der Waals surface area contributed by atoms with E-state index in [1.54, 1.807) is 0 Å². The van der Waals surface area contributed by atoms with E-state index in [9.17, 15) is 0 Å². The van der Waals surface area contributed by atoms with Gasteiger partial charge in [0, 0.05) is 24.0 Å². The van der Waals surface area contributed by atoms with E-state index in [0.29, 0.717) is 5.41 Å². The summed E-state index contributed by atoms with van der Waals surface area (Å²) < 4.78 is 11.2.